The van der Waals surface area contributed by atoms with Crippen LogP contribution in [-0.4, -0.2) is 6.08 Å². The molecule has 12 heavy (non-hydrogen) atoms. The van der Waals surface area contributed by atoms with E-state index in [-0.39, 0.29) is 10.7 Å². The third kappa shape index (κ3) is 1.67. The minimum Gasteiger partial charge on any atom is -0.211 e. The molecule has 0 bridgehead atoms. The number of rotatable bonds is 1. The van der Waals surface area contributed by atoms with Crippen molar-refractivity contribution in [2.24, 2.45) is 4.99 Å². The molecule has 0 aliphatic carbocycles. The van der Waals surface area contributed by atoms with Gasteiger partial charge in [0.05, 0.1) is 5.02 Å². The monoisotopic (exact) mass is 189 g/mol. The molecule has 0 fully saturated rings. The Morgan fingerprint density at radius 1 is 1.33 bits per heavy atom. The van der Waals surface area contributed by atoms with Gasteiger partial charge in [-0.3, -0.25) is 0 Å². The standard InChI is InChI=1S/C7H2ClF2NO/c8-4-1-7(11-3-12)6(10)2-5(4)9/h1-2H. The first-order valence-corrected chi connectivity index (χ1v) is 3.25. The highest BCUT2D eigenvalue weighted by Crippen LogP contribution is 2.24. The molecule has 0 aliphatic rings. The van der Waals surface area contributed by atoms with Crippen LogP contribution in [-0.2, 0) is 4.79 Å². The van der Waals surface area contributed by atoms with E-state index in [0.29, 0.717) is 6.07 Å². The normalized spacial score (nSPS) is 9.25. The van der Waals surface area contributed by atoms with Crippen molar-refractivity contribution in [2.75, 3.05) is 0 Å². The fraction of sp³-hybridized carbons (Fsp3) is 0. The Kier molecular flexibility index (Phi) is 2.53. The Morgan fingerprint density at radius 3 is 2.58 bits per heavy atom. The average Bonchev–Trinajstić information content (AvgIpc) is 2.01. The molecule has 0 saturated carbocycles. The Bertz CT molecular complexity index is 361. The Labute approximate surface area is 71.5 Å². The SMILES string of the molecule is O=C=Nc1cc(Cl)c(F)cc1F. The van der Waals surface area contributed by atoms with Crippen molar-refractivity contribution < 1.29 is 13.6 Å². The molecule has 0 unspecified atom stereocenters. The maximum atomic E-state index is 12.6. The molecule has 0 aliphatic heterocycles. The minimum absolute atomic E-state index is 0.287. The predicted molar refractivity (Wildman–Crippen MR) is 39.1 cm³/mol. The van der Waals surface area contributed by atoms with Crippen LogP contribution in [0.15, 0.2) is 17.1 Å². The molecule has 0 atom stereocenters. The van der Waals surface area contributed by atoms with Crippen molar-refractivity contribution in [1.29, 1.82) is 0 Å². The number of carbonyl (C=O) groups excluding carboxylic acids is 1. The smallest absolute Gasteiger partial charge is 0.211 e. The summed E-state index contributed by atoms with van der Waals surface area (Å²) in [7, 11) is 0. The quantitative estimate of drug-likeness (QED) is 0.379. The molecular formula is C7H2ClF2NO. The van der Waals surface area contributed by atoms with Gasteiger partial charge in [-0.05, 0) is 6.07 Å². The lowest BCUT2D eigenvalue weighted by molar-refractivity contribution is 0.563. The van der Waals surface area contributed by atoms with E-state index < -0.39 is 11.6 Å². The van der Waals surface area contributed by atoms with Gasteiger partial charge in [0, 0.05) is 6.07 Å². The summed E-state index contributed by atoms with van der Waals surface area (Å²) in [6, 6.07) is 1.47. The zero-order valence-electron chi connectivity index (χ0n) is 5.64. The molecule has 0 heterocycles. The van der Waals surface area contributed by atoms with Crippen molar-refractivity contribution in [3.05, 3.63) is 28.8 Å². The van der Waals surface area contributed by atoms with Crippen LogP contribution in [0.1, 0.15) is 0 Å². The van der Waals surface area contributed by atoms with Gasteiger partial charge < -0.3 is 0 Å². The largest absolute Gasteiger partial charge is 0.240 e. The van der Waals surface area contributed by atoms with Crippen LogP contribution >= 0.6 is 11.6 Å². The summed E-state index contributed by atoms with van der Waals surface area (Å²) < 4.78 is 25.1. The number of aliphatic imine (C=N–C) groups is 1. The third-order valence-electron chi connectivity index (χ3n) is 1.16. The summed E-state index contributed by atoms with van der Waals surface area (Å²) in [4.78, 5) is 12.7. The molecule has 1 rings (SSSR count). The number of nitrogens with zero attached hydrogens (tertiary/aromatic N) is 1. The van der Waals surface area contributed by atoms with E-state index in [1.54, 1.807) is 0 Å². The summed E-state index contributed by atoms with van der Waals surface area (Å²) in [5.41, 5.74) is -0.323. The summed E-state index contributed by atoms with van der Waals surface area (Å²) in [6.45, 7) is 0. The molecule has 0 amide bonds. The summed E-state index contributed by atoms with van der Waals surface area (Å²) >= 11 is 5.29. The lowest BCUT2D eigenvalue weighted by atomic mass is 10.3. The van der Waals surface area contributed by atoms with Crippen molar-refractivity contribution in [3.63, 3.8) is 0 Å². The van der Waals surface area contributed by atoms with Gasteiger partial charge in [0.2, 0.25) is 6.08 Å². The van der Waals surface area contributed by atoms with Crippen molar-refractivity contribution in [3.8, 4) is 0 Å². The maximum Gasteiger partial charge on any atom is 0.240 e. The fourth-order valence-corrected chi connectivity index (χ4v) is 0.805. The Hall–Kier alpha value is -1.25. The van der Waals surface area contributed by atoms with E-state index in [0.717, 1.165) is 12.1 Å². The van der Waals surface area contributed by atoms with Gasteiger partial charge in [0.1, 0.15) is 11.5 Å². The maximum absolute atomic E-state index is 12.6. The van der Waals surface area contributed by atoms with E-state index in [1.807, 2.05) is 0 Å². The van der Waals surface area contributed by atoms with Crippen molar-refractivity contribution in [1.82, 2.24) is 0 Å². The van der Waals surface area contributed by atoms with E-state index in [2.05, 4.69) is 4.99 Å². The highest BCUT2D eigenvalue weighted by Gasteiger charge is 2.06. The van der Waals surface area contributed by atoms with Gasteiger partial charge in [-0.1, -0.05) is 11.6 Å². The summed E-state index contributed by atoms with van der Waals surface area (Å²) in [6.07, 6.45) is 1.13. The van der Waals surface area contributed by atoms with Gasteiger partial charge in [0.25, 0.3) is 0 Å². The Morgan fingerprint density at radius 2 is 2.00 bits per heavy atom. The molecule has 0 spiro atoms. The zero-order valence-corrected chi connectivity index (χ0v) is 6.40. The molecule has 0 radical (unpaired) electrons. The van der Waals surface area contributed by atoms with Crippen LogP contribution in [0.5, 0.6) is 0 Å². The zero-order chi connectivity index (χ0) is 9.14. The van der Waals surface area contributed by atoms with E-state index in [9.17, 15) is 13.6 Å². The lowest BCUT2D eigenvalue weighted by Gasteiger charge is -1.96. The van der Waals surface area contributed by atoms with Crippen LogP contribution in [0.25, 0.3) is 0 Å². The highest BCUT2D eigenvalue weighted by molar-refractivity contribution is 6.31. The van der Waals surface area contributed by atoms with Crippen molar-refractivity contribution in [2.45, 2.75) is 0 Å². The van der Waals surface area contributed by atoms with Gasteiger partial charge in [-0.25, -0.2) is 13.6 Å². The molecule has 1 aromatic rings. The first-order valence-electron chi connectivity index (χ1n) is 2.87. The van der Waals surface area contributed by atoms with Gasteiger partial charge in [0.15, 0.2) is 5.82 Å². The first kappa shape index (κ1) is 8.84. The van der Waals surface area contributed by atoms with Gasteiger partial charge >= 0.3 is 0 Å². The Balaban J connectivity index is 3.32. The lowest BCUT2D eigenvalue weighted by Crippen LogP contribution is -1.81. The van der Waals surface area contributed by atoms with Gasteiger partial charge in [-0.15, -0.1) is 0 Å². The minimum atomic E-state index is -0.944. The van der Waals surface area contributed by atoms with E-state index in [1.165, 1.54) is 0 Å². The number of hydrogen-bond donors (Lipinski definition) is 0. The second-order valence-electron chi connectivity index (χ2n) is 1.92. The fourth-order valence-electron chi connectivity index (χ4n) is 0.647. The molecule has 2 nitrogen and oxygen atoms in total. The average molecular weight is 190 g/mol. The van der Waals surface area contributed by atoms with Crippen LogP contribution in [0.2, 0.25) is 5.02 Å². The van der Waals surface area contributed by atoms with E-state index >= 15 is 0 Å². The van der Waals surface area contributed by atoms with Crippen LogP contribution < -0.4 is 0 Å². The predicted octanol–water partition coefficient (Wildman–Crippen LogP) is 2.59. The summed E-state index contributed by atoms with van der Waals surface area (Å²) in [5.74, 6) is -1.83. The van der Waals surface area contributed by atoms with Gasteiger partial charge in [-0.2, -0.15) is 4.99 Å². The second-order valence-corrected chi connectivity index (χ2v) is 2.33. The first-order chi connectivity index (χ1) is 5.65. The molecule has 0 saturated heterocycles. The third-order valence-corrected chi connectivity index (χ3v) is 1.45. The van der Waals surface area contributed by atoms with Crippen LogP contribution in [0, 0.1) is 11.6 Å². The van der Waals surface area contributed by atoms with Crippen LogP contribution in [0.3, 0.4) is 0 Å². The molecule has 0 aromatic heterocycles. The van der Waals surface area contributed by atoms with E-state index in [4.69, 9.17) is 11.6 Å². The van der Waals surface area contributed by atoms with Crippen molar-refractivity contribution >= 4 is 23.4 Å². The second kappa shape index (κ2) is 3.43. The number of benzene rings is 1. The number of hydrogen-bond acceptors (Lipinski definition) is 2. The topological polar surface area (TPSA) is 29.4 Å². The molecular weight excluding hydrogens is 188 g/mol. The number of halogens is 3. The molecule has 0 N–H and O–H groups in total. The molecule has 1 aromatic carbocycles. The molecule has 5 heteroatoms. The molecule has 62 valence electrons. The summed E-state index contributed by atoms with van der Waals surface area (Å²) in [5, 5.41) is -0.287. The number of isocyanates is 1. The van der Waals surface area contributed by atoms with Crippen LogP contribution in [0.4, 0.5) is 14.5 Å². The highest BCUT2D eigenvalue weighted by atomic mass is 35.5.